The Kier molecular flexibility index (Phi) is 8.88. The van der Waals surface area contributed by atoms with Crippen molar-refractivity contribution in [1.29, 1.82) is 0 Å². The summed E-state index contributed by atoms with van der Waals surface area (Å²) in [6, 6.07) is 3.20. The molecule has 0 saturated carbocycles. The zero-order valence-electron chi connectivity index (χ0n) is 19.3. The lowest BCUT2D eigenvalue weighted by Gasteiger charge is -2.33. The number of aromatic nitrogens is 3. The molecule has 2 amide bonds. The van der Waals surface area contributed by atoms with E-state index in [1.54, 1.807) is 17.0 Å². The van der Waals surface area contributed by atoms with Crippen LogP contribution in [0.2, 0.25) is 5.02 Å². The van der Waals surface area contributed by atoms with Crippen molar-refractivity contribution in [3.05, 3.63) is 47.1 Å². The van der Waals surface area contributed by atoms with Crippen LogP contribution in [-0.4, -0.2) is 115 Å². The van der Waals surface area contributed by atoms with Gasteiger partial charge in [-0.3, -0.25) is 9.78 Å². The maximum Gasteiger partial charge on any atom is 0.412 e. The highest BCUT2D eigenvalue weighted by Crippen LogP contribution is 2.35. The molecule has 16 heteroatoms. The Bertz CT molecular complexity index is 1140. The molecule has 4 heterocycles. The summed E-state index contributed by atoms with van der Waals surface area (Å²) in [5.41, 5.74) is 0.437. The number of nitrogens with zero attached hydrogens (tertiary/aromatic N) is 6. The largest absolute Gasteiger partial charge is 0.479 e. The smallest absolute Gasteiger partial charge is 0.412 e. The number of hydrogen-bond donors (Lipinski definition) is 4. The van der Waals surface area contributed by atoms with Gasteiger partial charge in [-0.15, -0.1) is 0 Å². The predicted octanol–water partition coefficient (Wildman–Crippen LogP) is -0.555. The Morgan fingerprint density at radius 3 is 2.14 bits per heavy atom. The van der Waals surface area contributed by atoms with Gasteiger partial charge >= 0.3 is 18.0 Å². The molecule has 0 bridgehead atoms. The topological polar surface area (TPSA) is 207 Å². The number of aliphatic hydroxyl groups is 2. The van der Waals surface area contributed by atoms with Crippen LogP contribution in [0.4, 0.5) is 10.6 Å². The highest BCUT2D eigenvalue weighted by molar-refractivity contribution is 6.30. The zero-order chi connectivity index (χ0) is 27.3. The molecule has 2 aliphatic rings. The van der Waals surface area contributed by atoms with Gasteiger partial charge in [0.25, 0.3) is 5.91 Å². The first-order valence-corrected chi connectivity index (χ1v) is 11.1. The zero-order valence-corrected chi connectivity index (χ0v) is 20.1. The highest BCUT2D eigenvalue weighted by atomic mass is 35.5. The summed E-state index contributed by atoms with van der Waals surface area (Å²) >= 11 is 5.89. The quantitative estimate of drug-likeness (QED) is 0.377. The molecule has 0 radical (unpaired) electrons. The number of carboxylic acid groups (broad SMARTS) is 2. The van der Waals surface area contributed by atoms with E-state index in [0.717, 1.165) is 13.1 Å². The van der Waals surface area contributed by atoms with Gasteiger partial charge in [0.15, 0.2) is 17.9 Å². The van der Waals surface area contributed by atoms with E-state index < -0.39 is 42.4 Å². The van der Waals surface area contributed by atoms with Crippen molar-refractivity contribution in [2.45, 2.75) is 18.4 Å². The second-order valence-electron chi connectivity index (χ2n) is 7.89. The average molecular weight is 539 g/mol. The molecular weight excluding hydrogens is 516 g/mol. The number of pyridine rings is 1. The molecule has 4 rings (SSSR count). The molecule has 198 valence electrons. The normalized spacial score (nSPS) is 18.8. The number of rotatable bonds is 5. The van der Waals surface area contributed by atoms with Crippen LogP contribution in [0.25, 0.3) is 0 Å². The van der Waals surface area contributed by atoms with Crippen LogP contribution in [0, 0.1) is 0 Å². The van der Waals surface area contributed by atoms with Gasteiger partial charge in [0, 0.05) is 44.8 Å². The standard InChI is InChI=1S/C17H17ClN6O3.C4H6O6/c1-22-6-8-23(9-7-22)17(26)27-16-14-13(19-4-5-20-14)15(25)24(16)12-3-2-11(18)10-21-12;5-1(3(7)8)2(6)4(9)10/h2-5,10,16H,6-9H2,1H3;1-2,5-6H,(H,7,8)(H,9,10). The predicted molar refractivity (Wildman–Crippen MR) is 124 cm³/mol. The minimum Gasteiger partial charge on any atom is -0.479 e. The number of hydrogen-bond acceptors (Lipinski definition) is 11. The summed E-state index contributed by atoms with van der Waals surface area (Å²) < 4.78 is 5.68. The maximum absolute atomic E-state index is 12.8. The van der Waals surface area contributed by atoms with E-state index in [0.29, 0.717) is 29.6 Å². The number of ether oxygens (including phenoxy) is 1. The van der Waals surface area contributed by atoms with Crippen molar-refractivity contribution in [3.8, 4) is 0 Å². The molecule has 0 spiro atoms. The molecule has 37 heavy (non-hydrogen) atoms. The molecular formula is C21H23ClN6O9. The van der Waals surface area contributed by atoms with Crippen LogP contribution in [-0.2, 0) is 14.3 Å². The summed E-state index contributed by atoms with van der Waals surface area (Å²) in [5, 5.41) is 33.0. The molecule has 4 N–H and O–H groups in total. The molecule has 1 saturated heterocycles. The van der Waals surface area contributed by atoms with Gasteiger partial charge in [0.2, 0.25) is 6.23 Å². The van der Waals surface area contributed by atoms with Gasteiger partial charge in [0.1, 0.15) is 11.5 Å². The van der Waals surface area contributed by atoms with Crippen LogP contribution in [0.1, 0.15) is 22.4 Å². The number of carboxylic acids is 2. The molecule has 0 aromatic carbocycles. The lowest BCUT2D eigenvalue weighted by Crippen LogP contribution is -2.48. The van der Waals surface area contributed by atoms with Crippen LogP contribution in [0.15, 0.2) is 30.7 Å². The molecule has 2 aliphatic heterocycles. The molecule has 2 aromatic rings. The number of amides is 2. The fraction of sp³-hybridized carbons (Fsp3) is 0.381. The van der Waals surface area contributed by atoms with E-state index in [-0.39, 0.29) is 5.69 Å². The van der Waals surface area contributed by atoms with Crippen molar-refractivity contribution < 1.29 is 44.3 Å². The Hall–Kier alpha value is -3.92. The molecule has 3 atom stereocenters. The third-order valence-electron chi connectivity index (χ3n) is 5.35. The lowest BCUT2D eigenvalue weighted by molar-refractivity contribution is -0.165. The van der Waals surface area contributed by atoms with E-state index in [2.05, 4.69) is 19.9 Å². The number of carbonyl (C=O) groups excluding carboxylic acids is 2. The van der Waals surface area contributed by atoms with Crippen molar-refractivity contribution in [2.75, 3.05) is 38.1 Å². The fourth-order valence-electron chi connectivity index (χ4n) is 3.31. The van der Waals surface area contributed by atoms with Crippen molar-refractivity contribution in [3.63, 3.8) is 0 Å². The third-order valence-corrected chi connectivity index (χ3v) is 5.58. The van der Waals surface area contributed by atoms with E-state index in [1.165, 1.54) is 23.5 Å². The number of fused-ring (bicyclic) bond motifs is 1. The first kappa shape index (κ1) is 27.7. The van der Waals surface area contributed by atoms with Crippen molar-refractivity contribution >= 4 is 41.4 Å². The SMILES string of the molecule is CN1CCN(C(=O)OC2c3nccnc3C(=O)N2c2ccc(Cl)cn2)CC1.O=C(O)C(O)C(O)C(=O)O. The first-order chi connectivity index (χ1) is 17.5. The number of halogens is 1. The molecule has 0 aliphatic carbocycles. The molecule has 15 nitrogen and oxygen atoms in total. The van der Waals surface area contributed by atoms with Crippen LogP contribution < -0.4 is 4.90 Å². The Labute approximate surface area is 214 Å². The van der Waals surface area contributed by atoms with Gasteiger partial charge in [-0.2, -0.15) is 0 Å². The van der Waals surface area contributed by atoms with E-state index >= 15 is 0 Å². The summed E-state index contributed by atoms with van der Waals surface area (Å²) in [6.07, 6.45) is -1.75. The molecule has 2 aromatic heterocycles. The Balaban J connectivity index is 0.000000325. The third kappa shape index (κ3) is 6.45. The number of aliphatic carboxylic acids is 2. The number of carbonyl (C=O) groups is 4. The van der Waals surface area contributed by atoms with E-state index in [4.69, 9.17) is 36.8 Å². The van der Waals surface area contributed by atoms with Gasteiger partial charge in [-0.1, -0.05) is 11.6 Å². The summed E-state index contributed by atoms with van der Waals surface area (Å²) in [5.74, 6) is -3.66. The van der Waals surface area contributed by atoms with Gasteiger partial charge < -0.3 is 35.0 Å². The lowest BCUT2D eigenvalue weighted by atomic mass is 10.2. The minimum absolute atomic E-state index is 0.144. The molecule has 1 fully saturated rings. The van der Waals surface area contributed by atoms with Crippen molar-refractivity contribution in [2.24, 2.45) is 0 Å². The van der Waals surface area contributed by atoms with Gasteiger partial charge in [-0.05, 0) is 19.2 Å². The van der Waals surface area contributed by atoms with Crippen LogP contribution in [0.3, 0.4) is 0 Å². The monoisotopic (exact) mass is 538 g/mol. The highest BCUT2D eigenvalue weighted by Gasteiger charge is 2.44. The number of likely N-dealkylation sites (N-methyl/N-ethyl adjacent to an activating group) is 1. The molecule has 3 unspecified atom stereocenters. The van der Waals surface area contributed by atoms with Crippen LogP contribution >= 0.6 is 11.6 Å². The summed E-state index contributed by atoms with van der Waals surface area (Å²) in [4.78, 5) is 62.6. The number of anilines is 1. The summed E-state index contributed by atoms with van der Waals surface area (Å²) in [6.45, 7) is 2.64. The van der Waals surface area contributed by atoms with Crippen LogP contribution in [0.5, 0.6) is 0 Å². The number of aliphatic hydroxyl groups excluding tert-OH is 2. The maximum atomic E-state index is 12.8. The second kappa shape index (κ2) is 11.9. The van der Waals surface area contributed by atoms with Gasteiger partial charge in [-0.25, -0.2) is 29.3 Å². The van der Waals surface area contributed by atoms with Crippen molar-refractivity contribution in [1.82, 2.24) is 24.8 Å². The summed E-state index contributed by atoms with van der Waals surface area (Å²) in [7, 11) is 2.00. The first-order valence-electron chi connectivity index (χ1n) is 10.7. The minimum atomic E-state index is -2.27. The van der Waals surface area contributed by atoms with E-state index in [9.17, 15) is 19.2 Å². The average Bonchev–Trinajstić information content (AvgIpc) is 3.15. The Morgan fingerprint density at radius 1 is 1.00 bits per heavy atom. The fourth-order valence-corrected chi connectivity index (χ4v) is 3.42. The van der Waals surface area contributed by atoms with E-state index in [1.807, 2.05) is 7.05 Å². The Morgan fingerprint density at radius 2 is 1.59 bits per heavy atom. The number of piperazine rings is 1. The van der Waals surface area contributed by atoms with Gasteiger partial charge in [0.05, 0.1) is 5.02 Å². The second-order valence-corrected chi connectivity index (χ2v) is 8.33.